The van der Waals surface area contributed by atoms with E-state index in [1.54, 1.807) is 0 Å². The lowest BCUT2D eigenvalue weighted by Gasteiger charge is -2.11. The molecule has 0 saturated carbocycles. The van der Waals surface area contributed by atoms with Gasteiger partial charge in [-0.1, -0.05) is 18.2 Å². The molecule has 2 nitrogen and oxygen atoms in total. The standard InChI is InChI=1S/C11H12F3NO/c1-15-10(16)7-6-8-4-2-3-5-9(8)11(12,13)14/h2-5H,6-7H2,1H3,(H,15,16). The molecule has 1 rings (SSSR count). The van der Waals surface area contributed by atoms with Crippen molar-refractivity contribution >= 4 is 5.91 Å². The van der Waals surface area contributed by atoms with Gasteiger partial charge in [0.15, 0.2) is 0 Å². The zero-order chi connectivity index (χ0) is 12.2. The van der Waals surface area contributed by atoms with Crippen molar-refractivity contribution in [2.24, 2.45) is 0 Å². The molecule has 1 aromatic carbocycles. The van der Waals surface area contributed by atoms with Gasteiger partial charge in [-0.15, -0.1) is 0 Å². The van der Waals surface area contributed by atoms with Crippen molar-refractivity contribution in [1.82, 2.24) is 5.32 Å². The minimum atomic E-state index is -4.36. The van der Waals surface area contributed by atoms with Crippen LogP contribution in [0, 0.1) is 0 Å². The van der Waals surface area contributed by atoms with Gasteiger partial charge in [-0.25, -0.2) is 0 Å². The maximum absolute atomic E-state index is 12.6. The Kier molecular flexibility index (Phi) is 3.93. The van der Waals surface area contributed by atoms with Crippen molar-refractivity contribution < 1.29 is 18.0 Å². The van der Waals surface area contributed by atoms with Crippen LogP contribution < -0.4 is 5.32 Å². The van der Waals surface area contributed by atoms with Gasteiger partial charge in [0.1, 0.15) is 0 Å². The Morgan fingerprint density at radius 3 is 2.50 bits per heavy atom. The van der Waals surface area contributed by atoms with Gasteiger partial charge in [-0.3, -0.25) is 4.79 Å². The first-order valence-electron chi connectivity index (χ1n) is 4.81. The minimum absolute atomic E-state index is 0.0591. The number of carbonyl (C=O) groups is 1. The molecule has 0 fully saturated rings. The molecule has 1 N–H and O–H groups in total. The van der Waals surface area contributed by atoms with E-state index in [9.17, 15) is 18.0 Å². The third kappa shape index (κ3) is 3.25. The van der Waals surface area contributed by atoms with Crippen LogP contribution in [0.4, 0.5) is 13.2 Å². The highest BCUT2D eigenvalue weighted by molar-refractivity contribution is 5.75. The largest absolute Gasteiger partial charge is 0.416 e. The molecule has 0 aliphatic carbocycles. The topological polar surface area (TPSA) is 29.1 Å². The van der Waals surface area contributed by atoms with E-state index in [1.807, 2.05) is 0 Å². The Morgan fingerprint density at radius 1 is 1.31 bits per heavy atom. The van der Waals surface area contributed by atoms with Crippen molar-refractivity contribution in [3.05, 3.63) is 35.4 Å². The van der Waals surface area contributed by atoms with Crippen LogP contribution in [0.2, 0.25) is 0 Å². The summed E-state index contributed by atoms with van der Waals surface area (Å²) < 4.78 is 37.7. The lowest BCUT2D eigenvalue weighted by molar-refractivity contribution is -0.138. The minimum Gasteiger partial charge on any atom is -0.359 e. The van der Waals surface area contributed by atoms with Crippen molar-refractivity contribution in [3.63, 3.8) is 0 Å². The van der Waals surface area contributed by atoms with Gasteiger partial charge in [0, 0.05) is 13.5 Å². The molecule has 0 saturated heterocycles. The molecule has 0 atom stereocenters. The smallest absolute Gasteiger partial charge is 0.359 e. The van der Waals surface area contributed by atoms with E-state index >= 15 is 0 Å². The molecule has 5 heteroatoms. The summed E-state index contributed by atoms with van der Waals surface area (Å²) in [5.74, 6) is -0.267. The first-order valence-corrected chi connectivity index (χ1v) is 4.81. The molecular weight excluding hydrogens is 219 g/mol. The van der Waals surface area contributed by atoms with Crippen LogP contribution in [-0.4, -0.2) is 13.0 Å². The number of hydrogen-bond acceptors (Lipinski definition) is 1. The highest BCUT2D eigenvalue weighted by Gasteiger charge is 2.32. The van der Waals surface area contributed by atoms with Crippen molar-refractivity contribution in [2.45, 2.75) is 19.0 Å². The fourth-order valence-electron chi connectivity index (χ4n) is 1.39. The Labute approximate surface area is 91.5 Å². The number of nitrogens with one attached hydrogen (secondary N) is 1. The average Bonchev–Trinajstić information content (AvgIpc) is 2.25. The highest BCUT2D eigenvalue weighted by atomic mass is 19.4. The van der Waals surface area contributed by atoms with E-state index < -0.39 is 11.7 Å². The summed E-state index contributed by atoms with van der Waals surface area (Å²) in [6.45, 7) is 0. The van der Waals surface area contributed by atoms with Crippen LogP contribution in [0.5, 0.6) is 0 Å². The first kappa shape index (κ1) is 12.5. The van der Waals surface area contributed by atoms with E-state index in [0.717, 1.165) is 6.07 Å². The van der Waals surface area contributed by atoms with Gasteiger partial charge in [-0.05, 0) is 18.1 Å². The van der Waals surface area contributed by atoms with Crippen molar-refractivity contribution in [3.8, 4) is 0 Å². The van der Waals surface area contributed by atoms with Crippen LogP contribution in [0.3, 0.4) is 0 Å². The van der Waals surface area contributed by atoms with Crippen LogP contribution in [0.1, 0.15) is 17.5 Å². The number of halogens is 3. The molecule has 0 aliphatic heterocycles. The number of aryl methyl sites for hydroxylation is 1. The van der Waals surface area contributed by atoms with E-state index in [-0.39, 0.29) is 24.3 Å². The predicted octanol–water partition coefficient (Wildman–Crippen LogP) is 2.38. The molecule has 0 spiro atoms. The maximum Gasteiger partial charge on any atom is 0.416 e. The van der Waals surface area contributed by atoms with E-state index in [4.69, 9.17) is 0 Å². The van der Waals surface area contributed by atoms with Gasteiger partial charge < -0.3 is 5.32 Å². The Morgan fingerprint density at radius 2 is 1.94 bits per heavy atom. The molecule has 0 bridgehead atoms. The number of carbonyl (C=O) groups excluding carboxylic acids is 1. The Bertz CT molecular complexity index is 374. The van der Waals surface area contributed by atoms with Gasteiger partial charge in [-0.2, -0.15) is 13.2 Å². The van der Waals surface area contributed by atoms with Crippen molar-refractivity contribution in [1.29, 1.82) is 0 Å². The monoisotopic (exact) mass is 231 g/mol. The summed E-state index contributed by atoms with van der Waals surface area (Å²) in [6.07, 6.45) is -4.21. The predicted molar refractivity (Wildman–Crippen MR) is 53.8 cm³/mol. The molecule has 1 aromatic rings. The summed E-state index contributed by atoms with van der Waals surface area (Å²) in [6, 6.07) is 5.30. The molecule has 0 radical (unpaired) electrons. The normalized spacial score (nSPS) is 11.2. The van der Waals surface area contributed by atoms with Crippen LogP contribution >= 0.6 is 0 Å². The second kappa shape index (κ2) is 5.01. The maximum atomic E-state index is 12.6. The number of benzene rings is 1. The number of amides is 1. The lowest BCUT2D eigenvalue weighted by atomic mass is 10.0. The molecule has 0 aliphatic rings. The number of rotatable bonds is 3. The molecule has 1 amide bonds. The third-order valence-corrected chi connectivity index (χ3v) is 2.22. The Balaban J connectivity index is 2.84. The van der Waals surface area contributed by atoms with E-state index in [1.165, 1.54) is 25.2 Å². The van der Waals surface area contributed by atoms with Crippen LogP contribution in [0.15, 0.2) is 24.3 Å². The highest BCUT2D eigenvalue weighted by Crippen LogP contribution is 2.32. The van der Waals surface area contributed by atoms with Crippen LogP contribution in [0.25, 0.3) is 0 Å². The molecule has 16 heavy (non-hydrogen) atoms. The van der Waals surface area contributed by atoms with E-state index in [0.29, 0.717) is 0 Å². The third-order valence-electron chi connectivity index (χ3n) is 2.22. The van der Waals surface area contributed by atoms with Crippen LogP contribution in [-0.2, 0) is 17.4 Å². The summed E-state index contributed by atoms with van der Waals surface area (Å²) >= 11 is 0. The van der Waals surface area contributed by atoms with E-state index in [2.05, 4.69) is 5.32 Å². The summed E-state index contributed by atoms with van der Waals surface area (Å²) in [5.41, 5.74) is -0.516. The summed E-state index contributed by atoms with van der Waals surface area (Å²) in [5, 5.41) is 2.37. The fourth-order valence-corrected chi connectivity index (χ4v) is 1.39. The second-order valence-electron chi connectivity index (χ2n) is 3.33. The Hall–Kier alpha value is -1.52. The first-order chi connectivity index (χ1) is 7.45. The van der Waals surface area contributed by atoms with Gasteiger partial charge >= 0.3 is 6.18 Å². The number of hydrogen-bond donors (Lipinski definition) is 1. The quantitative estimate of drug-likeness (QED) is 0.850. The molecule has 88 valence electrons. The molecule has 0 aromatic heterocycles. The average molecular weight is 231 g/mol. The summed E-state index contributed by atoms with van der Waals surface area (Å²) in [7, 11) is 1.46. The molecule has 0 unspecified atom stereocenters. The lowest BCUT2D eigenvalue weighted by Crippen LogP contribution is -2.19. The molecular formula is C11H12F3NO. The zero-order valence-corrected chi connectivity index (χ0v) is 8.77. The SMILES string of the molecule is CNC(=O)CCc1ccccc1C(F)(F)F. The van der Waals surface area contributed by atoms with Crippen molar-refractivity contribution in [2.75, 3.05) is 7.05 Å². The second-order valence-corrected chi connectivity index (χ2v) is 3.33. The van der Waals surface area contributed by atoms with Gasteiger partial charge in [0.2, 0.25) is 5.91 Å². The molecule has 0 heterocycles. The van der Waals surface area contributed by atoms with Gasteiger partial charge in [0.05, 0.1) is 5.56 Å². The fraction of sp³-hybridized carbons (Fsp3) is 0.364. The number of alkyl halides is 3. The van der Waals surface area contributed by atoms with Gasteiger partial charge in [0.25, 0.3) is 0 Å². The zero-order valence-electron chi connectivity index (χ0n) is 8.77. The summed E-state index contributed by atoms with van der Waals surface area (Å²) in [4.78, 5) is 11.0.